The second-order valence-corrected chi connectivity index (χ2v) is 4.34. The minimum absolute atomic E-state index is 0.00972. The minimum Gasteiger partial charge on any atom is -0.395 e. The first-order valence-corrected chi connectivity index (χ1v) is 6.42. The molecule has 1 aromatic rings. The van der Waals surface area contributed by atoms with Crippen LogP contribution in [0.4, 0.5) is 0 Å². The summed E-state index contributed by atoms with van der Waals surface area (Å²) in [4.78, 5) is 1.93. The van der Waals surface area contributed by atoms with E-state index >= 15 is 0 Å². The summed E-state index contributed by atoms with van der Waals surface area (Å²) < 4.78 is 0. The molecule has 0 amide bonds. The number of benzene rings is 1. The molecule has 1 aromatic carbocycles. The van der Waals surface area contributed by atoms with Gasteiger partial charge >= 0.3 is 0 Å². The smallest absolute Gasteiger partial charge is 0.0587 e. The molecule has 0 aliphatic heterocycles. The first kappa shape index (κ1) is 15.1. The molecule has 0 heterocycles. The van der Waals surface area contributed by atoms with Gasteiger partial charge in [0.05, 0.1) is 19.8 Å². The Morgan fingerprint density at radius 2 is 1.56 bits per heavy atom. The predicted molar refractivity (Wildman–Crippen MR) is 71.4 cm³/mol. The Bertz CT molecular complexity index is 299. The third kappa shape index (κ3) is 5.14. The van der Waals surface area contributed by atoms with E-state index in [1.807, 2.05) is 23.1 Å². The number of aliphatic hydroxyl groups is 3. The van der Waals surface area contributed by atoms with E-state index in [2.05, 4.69) is 12.1 Å². The highest BCUT2D eigenvalue weighted by atomic mass is 16.3. The number of aliphatic hydroxyl groups excluding tert-OH is 3. The monoisotopic (exact) mass is 253 g/mol. The predicted octanol–water partition coefficient (Wildman–Crippen LogP) is 0.267. The molecule has 0 saturated heterocycles. The maximum absolute atomic E-state index is 9.42. The van der Waals surface area contributed by atoms with Gasteiger partial charge in [-0.2, -0.15) is 0 Å². The van der Waals surface area contributed by atoms with Crippen LogP contribution in [0.15, 0.2) is 30.3 Å². The zero-order chi connectivity index (χ0) is 13.2. The lowest BCUT2D eigenvalue weighted by molar-refractivity contribution is 0.0797. The van der Waals surface area contributed by atoms with Crippen LogP contribution in [0.3, 0.4) is 0 Å². The Morgan fingerprint density at radius 1 is 0.944 bits per heavy atom. The molecule has 0 aliphatic carbocycles. The Hall–Kier alpha value is -0.940. The number of rotatable bonds is 9. The van der Waals surface area contributed by atoms with Crippen LogP contribution in [-0.4, -0.2) is 59.2 Å². The molecular weight excluding hydrogens is 230 g/mol. The minimum atomic E-state index is -0.00972. The average Bonchev–Trinajstić information content (AvgIpc) is 2.41. The molecule has 0 radical (unpaired) electrons. The molecule has 3 N–H and O–H groups in total. The second kappa shape index (κ2) is 9.05. The van der Waals surface area contributed by atoms with Crippen molar-refractivity contribution >= 4 is 0 Å². The number of nitrogens with zero attached hydrogens (tertiary/aromatic N) is 1. The molecule has 0 aliphatic rings. The summed E-state index contributed by atoms with van der Waals surface area (Å²) in [5, 5.41) is 27.4. The van der Waals surface area contributed by atoms with Crippen LogP contribution in [0.1, 0.15) is 12.0 Å². The topological polar surface area (TPSA) is 63.9 Å². The van der Waals surface area contributed by atoms with Gasteiger partial charge in [-0.15, -0.1) is 0 Å². The molecule has 0 bridgehead atoms. The van der Waals surface area contributed by atoms with Gasteiger partial charge < -0.3 is 15.3 Å². The van der Waals surface area contributed by atoms with Crippen molar-refractivity contribution in [3.05, 3.63) is 35.9 Å². The standard InChI is InChI=1S/C14H23NO3/c16-10-8-15(9-11-17)14(12-18)7-6-13-4-2-1-3-5-13/h1-5,14,16-18H,6-12H2. The first-order chi connectivity index (χ1) is 8.81. The number of hydrogen-bond acceptors (Lipinski definition) is 4. The van der Waals surface area contributed by atoms with Crippen LogP contribution in [0.5, 0.6) is 0 Å². The van der Waals surface area contributed by atoms with E-state index in [1.165, 1.54) is 5.56 Å². The van der Waals surface area contributed by atoms with Crippen LogP contribution in [0.2, 0.25) is 0 Å². The SMILES string of the molecule is OCCN(CCO)C(CO)CCc1ccccc1. The van der Waals surface area contributed by atoms with Gasteiger partial charge in [-0.05, 0) is 18.4 Å². The van der Waals surface area contributed by atoms with Crippen LogP contribution in [-0.2, 0) is 6.42 Å². The van der Waals surface area contributed by atoms with Gasteiger partial charge in [0.25, 0.3) is 0 Å². The highest BCUT2D eigenvalue weighted by Gasteiger charge is 2.16. The zero-order valence-corrected chi connectivity index (χ0v) is 10.7. The summed E-state index contributed by atoms with van der Waals surface area (Å²) >= 11 is 0. The molecule has 1 rings (SSSR count). The Morgan fingerprint density at radius 3 is 2.06 bits per heavy atom. The molecule has 0 spiro atoms. The molecule has 18 heavy (non-hydrogen) atoms. The zero-order valence-electron chi connectivity index (χ0n) is 10.7. The molecule has 4 nitrogen and oxygen atoms in total. The summed E-state index contributed by atoms with van der Waals surface area (Å²) in [6.07, 6.45) is 1.71. The van der Waals surface area contributed by atoms with Gasteiger partial charge in [0.1, 0.15) is 0 Å². The van der Waals surface area contributed by atoms with Crippen molar-refractivity contribution < 1.29 is 15.3 Å². The highest BCUT2D eigenvalue weighted by molar-refractivity contribution is 5.14. The summed E-state index contributed by atoms with van der Waals surface area (Å²) in [5.41, 5.74) is 1.24. The third-order valence-corrected chi connectivity index (χ3v) is 3.11. The normalized spacial score (nSPS) is 12.9. The van der Waals surface area contributed by atoms with Crippen molar-refractivity contribution in [1.82, 2.24) is 4.90 Å². The number of hydrogen-bond donors (Lipinski definition) is 3. The van der Waals surface area contributed by atoms with E-state index in [0.29, 0.717) is 13.1 Å². The van der Waals surface area contributed by atoms with E-state index in [9.17, 15) is 5.11 Å². The molecule has 1 unspecified atom stereocenters. The van der Waals surface area contributed by atoms with Crippen molar-refractivity contribution in [2.45, 2.75) is 18.9 Å². The molecule has 102 valence electrons. The van der Waals surface area contributed by atoms with E-state index in [4.69, 9.17) is 10.2 Å². The molecule has 0 fully saturated rings. The van der Waals surface area contributed by atoms with Gasteiger partial charge in [-0.3, -0.25) is 4.90 Å². The first-order valence-electron chi connectivity index (χ1n) is 6.42. The van der Waals surface area contributed by atoms with Crippen molar-refractivity contribution in [3.8, 4) is 0 Å². The van der Waals surface area contributed by atoms with Crippen LogP contribution in [0, 0.1) is 0 Å². The quantitative estimate of drug-likeness (QED) is 0.591. The third-order valence-electron chi connectivity index (χ3n) is 3.11. The molecule has 4 heteroatoms. The fourth-order valence-electron chi connectivity index (χ4n) is 2.10. The molecule has 0 aromatic heterocycles. The summed E-state index contributed by atoms with van der Waals surface area (Å²) in [6.45, 7) is 1.11. The largest absolute Gasteiger partial charge is 0.395 e. The lowest BCUT2D eigenvalue weighted by Gasteiger charge is -2.29. The van der Waals surface area contributed by atoms with Gasteiger partial charge in [0, 0.05) is 19.1 Å². The van der Waals surface area contributed by atoms with Gasteiger partial charge in [-0.25, -0.2) is 0 Å². The van der Waals surface area contributed by atoms with E-state index in [0.717, 1.165) is 12.8 Å². The van der Waals surface area contributed by atoms with Crippen molar-refractivity contribution in [2.24, 2.45) is 0 Å². The fourth-order valence-corrected chi connectivity index (χ4v) is 2.10. The van der Waals surface area contributed by atoms with Crippen molar-refractivity contribution in [1.29, 1.82) is 0 Å². The van der Waals surface area contributed by atoms with E-state index in [1.54, 1.807) is 0 Å². The van der Waals surface area contributed by atoms with Gasteiger partial charge in [0.2, 0.25) is 0 Å². The Labute approximate surface area is 108 Å². The maximum Gasteiger partial charge on any atom is 0.0587 e. The molecule has 1 atom stereocenters. The molecular formula is C14H23NO3. The van der Waals surface area contributed by atoms with Gasteiger partial charge in [0.15, 0.2) is 0 Å². The number of aryl methyl sites for hydroxylation is 1. The Balaban J connectivity index is 2.48. The summed E-state index contributed by atoms with van der Waals surface area (Å²) in [5.74, 6) is 0. The fraction of sp³-hybridized carbons (Fsp3) is 0.571. The highest BCUT2D eigenvalue weighted by Crippen LogP contribution is 2.09. The molecule has 0 saturated carbocycles. The summed E-state index contributed by atoms with van der Waals surface area (Å²) in [7, 11) is 0. The van der Waals surface area contributed by atoms with Crippen molar-refractivity contribution in [3.63, 3.8) is 0 Å². The lowest BCUT2D eigenvalue weighted by Crippen LogP contribution is -2.41. The van der Waals surface area contributed by atoms with Crippen LogP contribution in [0.25, 0.3) is 0 Å². The average molecular weight is 253 g/mol. The van der Waals surface area contributed by atoms with Crippen LogP contribution < -0.4 is 0 Å². The van der Waals surface area contributed by atoms with E-state index in [-0.39, 0.29) is 25.9 Å². The Kier molecular flexibility index (Phi) is 7.60. The second-order valence-electron chi connectivity index (χ2n) is 4.34. The van der Waals surface area contributed by atoms with Gasteiger partial charge in [-0.1, -0.05) is 30.3 Å². The maximum atomic E-state index is 9.42. The van der Waals surface area contributed by atoms with E-state index < -0.39 is 0 Å². The lowest BCUT2D eigenvalue weighted by atomic mass is 10.0. The summed E-state index contributed by atoms with van der Waals surface area (Å²) in [6, 6.07) is 10.1. The van der Waals surface area contributed by atoms with Crippen LogP contribution >= 0.6 is 0 Å². The van der Waals surface area contributed by atoms with Crippen molar-refractivity contribution in [2.75, 3.05) is 32.9 Å².